The lowest BCUT2D eigenvalue weighted by atomic mass is 10.2. The maximum absolute atomic E-state index is 12.3. The topological polar surface area (TPSA) is 111 Å². The first kappa shape index (κ1) is 20.8. The Balaban J connectivity index is 1.55. The van der Waals surface area contributed by atoms with Crippen LogP contribution in [0, 0.1) is 0 Å². The maximum Gasteiger partial charge on any atom is 0.315 e. The first-order chi connectivity index (χ1) is 13.9. The molecule has 0 fully saturated rings. The van der Waals surface area contributed by atoms with Crippen molar-refractivity contribution in [2.45, 2.75) is 17.9 Å². The predicted molar refractivity (Wildman–Crippen MR) is 106 cm³/mol. The van der Waals surface area contributed by atoms with E-state index in [0.29, 0.717) is 5.02 Å². The lowest BCUT2D eigenvalue weighted by Crippen LogP contribution is -2.23. The molecule has 0 aliphatic rings. The molecule has 0 aliphatic heterocycles. The molecule has 0 atom stereocenters. The average Bonchev–Trinajstić information content (AvgIpc) is 3.20. The van der Waals surface area contributed by atoms with Crippen LogP contribution in [0.4, 0.5) is 0 Å². The molecule has 0 unspecified atom stereocenters. The van der Waals surface area contributed by atoms with Gasteiger partial charge in [0.05, 0.1) is 17.8 Å². The molecular formula is C19H18ClN3O5S. The average molecular weight is 436 g/mol. The van der Waals surface area contributed by atoms with Crippen molar-refractivity contribution in [1.82, 2.24) is 15.5 Å². The van der Waals surface area contributed by atoms with Crippen LogP contribution in [0.15, 0.2) is 57.9 Å². The van der Waals surface area contributed by atoms with E-state index in [0.717, 1.165) is 11.3 Å². The van der Waals surface area contributed by atoms with Crippen molar-refractivity contribution in [3.05, 3.63) is 70.8 Å². The summed E-state index contributed by atoms with van der Waals surface area (Å²) in [6, 6.07) is 13.1. The summed E-state index contributed by atoms with van der Waals surface area (Å²) in [5, 5.41) is 6.79. The number of rotatable bonds is 8. The van der Waals surface area contributed by atoms with E-state index in [4.69, 9.17) is 20.9 Å². The molecule has 3 rings (SSSR count). The van der Waals surface area contributed by atoms with Gasteiger partial charge in [-0.2, -0.15) is 4.98 Å². The number of carbonyl (C=O) groups excluding carboxylic acids is 1. The summed E-state index contributed by atoms with van der Waals surface area (Å²) in [4.78, 5) is 16.3. The fourth-order valence-corrected chi connectivity index (χ4v) is 3.80. The largest absolute Gasteiger partial charge is 0.497 e. The molecule has 10 heteroatoms. The third kappa shape index (κ3) is 5.55. The van der Waals surface area contributed by atoms with Gasteiger partial charge >= 0.3 is 11.8 Å². The number of nitrogens with zero attached hydrogens (tertiary/aromatic N) is 2. The number of aryl methyl sites for hydroxylation is 1. The summed E-state index contributed by atoms with van der Waals surface area (Å²) in [5.74, 6) is -0.133. The second-order valence-corrected chi connectivity index (χ2v) is 8.61. The smallest absolute Gasteiger partial charge is 0.315 e. The highest BCUT2D eigenvalue weighted by Gasteiger charge is 2.19. The summed E-state index contributed by atoms with van der Waals surface area (Å²) in [5.41, 5.74) is 0.868. The molecule has 1 aromatic heterocycles. The predicted octanol–water partition coefficient (Wildman–Crippen LogP) is 2.68. The number of methoxy groups -OCH3 is 1. The standard InChI is InChI=1S/C19H18ClN3O5S/c1-27-15-6-2-13(3-7-15)12-21-18(24)19-22-17(23-28-19)10-11-29(25,26)16-8-4-14(20)5-9-16/h2-9H,10-12H2,1H3,(H,21,24). The Morgan fingerprint density at radius 1 is 1.14 bits per heavy atom. The zero-order valence-electron chi connectivity index (χ0n) is 15.5. The molecule has 0 spiro atoms. The van der Waals surface area contributed by atoms with Gasteiger partial charge in [-0.15, -0.1) is 0 Å². The maximum atomic E-state index is 12.3. The second-order valence-electron chi connectivity index (χ2n) is 6.07. The summed E-state index contributed by atoms with van der Waals surface area (Å²) >= 11 is 5.77. The number of carbonyl (C=O) groups is 1. The van der Waals surface area contributed by atoms with Crippen molar-refractivity contribution in [2.75, 3.05) is 12.9 Å². The van der Waals surface area contributed by atoms with Crippen LogP contribution in [-0.4, -0.2) is 37.3 Å². The number of hydrogen-bond acceptors (Lipinski definition) is 7. The minimum Gasteiger partial charge on any atom is -0.497 e. The number of halogens is 1. The van der Waals surface area contributed by atoms with Crippen molar-refractivity contribution >= 4 is 27.3 Å². The van der Waals surface area contributed by atoms with E-state index >= 15 is 0 Å². The lowest BCUT2D eigenvalue weighted by molar-refractivity contribution is 0.0907. The van der Waals surface area contributed by atoms with Crippen molar-refractivity contribution in [3.8, 4) is 5.75 Å². The van der Waals surface area contributed by atoms with Crippen LogP contribution in [0.1, 0.15) is 22.1 Å². The van der Waals surface area contributed by atoms with Crippen LogP contribution in [0.5, 0.6) is 5.75 Å². The molecular weight excluding hydrogens is 418 g/mol. The van der Waals surface area contributed by atoms with Gasteiger partial charge in [-0.3, -0.25) is 4.79 Å². The van der Waals surface area contributed by atoms with Gasteiger partial charge < -0.3 is 14.6 Å². The van der Waals surface area contributed by atoms with Gasteiger partial charge in [-0.05, 0) is 42.0 Å². The summed E-state index contributed by atoms with van der Waals surface area (Å²) < 4.78 is 34.7. The Labute approximate surface area is 172 Å². The van der Waals surface area contributed by atoms with Crippen molar-refractivity contribution in [3.63, 3.8) is 0 Å². The van der Waals surface area contributed by atoms with Gasteiger partial charge in [-0.1, -0.05) is 28.9 Å². The molecule has 1 N–H and O–H groups in total. The molecule has 3 aromatic rings. The zero-order chi connectivity index (χ0) is 20.9. The molecule has 0 bridgehead atoms. The Bertz CT molecular complexity index is 1080. The van der Waals surface area contributed by atoms with Crippen molar-refractivity contribution in [2.24, 2.45) is 0 Å². The van der Waals surface area contributed by atoms with E-state index < -0.39 is 15.7 Å². The Morgan fingerprint density at radius 3 is 2.48 bits per heavy atom. The third-order valence-corrected chi connectivity index (χ3v) is 6.03. The normalized spacial score (nSPS) is 11.2. The van der Waals surface area contributed by atoms with E-state index in [1.807, 2.05) is 12.1 Å². The number of nitrogens with one attached hydrogen (secondary N) is 1. The second kappa shape index (κ2) is 9.06. The van der Waals surface area contributed by atoms with Crippen molar-refractivity contribution in [1.29, 1.82) is 0 Å². The molecule has 152 valence electrons. The van der Waals surface area contributed by atoms with Crippen LogP contribution in [0.25, 0.3) is 0 Å². The molecule has 8 nitrogen and oxygen atoms in total. The van der Waals surface area contributed by atoms with E-state index in [9.17, 15) is 13.2 Å². The van der Waals surface area contributed by atoms with Crippen LogP contribution in [0.2, 0.25) is 5.02 Å². The highest BCUT2D eigenvalue weighted by atomic mass is 35.5. The molecule has 0 aliphatic carbocycles. The number of hydrogen-bond donors (Lipinski definition) is 1. The Hall–Kier alpha value is -2.91. The number of sulfone groups is 1. The van der Waals surface area contributed by atoms with Crippen molar-refractivity contribution < 1.29 is 22.5 Å². The number of ether oxygens (including phenoxy) is 1. The first-order valence-electron chi connectivity index (χ1n) is 8.59. The molecule has 0 radical (unpaired) electrons. The summed E-state index contributed by atoms with van der Waals surface area (Å²) in [6.45, 7) is 0.269. The Kier molecular flexibility index (Phi) is 6.50. The van der Waals surface area contributed by atoms with Crippen LogP contribution < -0.4 is 10.1 Å². The molecule has 0 saturated heterocycles. The molecule has 2 aromatic carbocycles. The fourth-order valence-electron chi connectivity index (χ4n) is 2.43. The van der Waals surface area contributed by atoms with Crippen LogP contribution >= 0.6 is 11.6 Å². The molecule has 1 amide bonds. The van der Waals surface area contributed by atoms with Gasteiger partial charge in [-0.25, -0.2) is 8.42 Å². The van der Waals surface area contributed by atoms with E-state index in [-0.39, 0.29) is 35.3 Å². The molecule has 1 heterocycles. The monoisotopic (exact) mass is 435 g/mol. The van der Waals surface area contributed by atoms with Crippen LogP contribution in [0.3, 0.4) is 0 Å². The quantitative estimate of drug-likeness (QED) is 0.578. The highest BCUT2D eigenvalue weighted by Crippen LogP contribution is 2.16. The Morgan fingerprint density at radius 2 is 1.83 bits per heavy atom. The number of amides is 1. The molecule has 29 heavy (non-hydrogen) atoms. The minimum atomic E-state index is -3.53. The fraction of sp³-hybridized carbons (Fsp3) is 0.211. The van der Waals surface area contributed by atoms with Crippen LogP contribution in [-0.2, 0) is 22.8 Å². The van der Waals surface area contributed by atoms with E-state index in [2.05, 4.69) is 15.5 Å². The number of benzene rings is 2. The SMILES string of the molecule is COc1ccc(CNC(=O)c2nc(CCS(=O)(=O)c3ccc(Cl)cc3)no2)cc1. The van der Waals surface area contributed by atoms with Gasteiger partial charge in [0.25, 0.3) is 0 Å². The summed E-state index contributed by atoms with van der Waals surface area (Å²) in [6.07, 6.45) is 0.0141. The third-order valence-electron chi connectivity index (χ3n) is 4.04. The lowest BCUT2D eigenvalue weighted by Gasteiger charge is -2.04. The minimum absolute atomic E-state index is 0.0141. The highest BCUT2D eigenvalue weighted by molar-refractivity contribution is 7.91. The van der Waals surface area contributed by atoms with Gasteiger partial charge in [0.15, 0.2) is 15.7 Å². The van der Waals surface area contributed by atoms with E-state index in [1.165, 1.54) is 24.3 Å². The molecule has 0 saturated carbocycles. The summed E-state index contributed by atoms with van der Waals surface area (Å²) in [7, 11) is -1.96. The van der Waals surface area contributed by atoms with Gasteiger partial charge in [0, 0.05) is 18.0 Å². The van der Waals surface area contributed by atoms with E-state index in [1.54, 1.807) is 19.2 Å². The zero-order valence-corrected chi connectivity index (χ0v) is 17.0. The first-order valence-corrected chi connectivity index (χ1v) is 10.6. The number of aromatic nitrogens is 2. The van der Waals surface area contributed by atoms with Gasteiger partial charge in [0.2, 0.25) is 0 Å². The van der Waals surface area contributed by atoms with Gasteiger partial charge in [0.1, 0.15) is 5.75 Å².